The number of rotatable bonds is 6. The first-order valence-electron chi connectivity index (χ1n) is 7.52. The van der Waals surface area contributed by atoms with Gasteiger partial charge in [0.15, 0.2) is 0 Å². The van der Waals surface area contributed by atoms with Gasteiger partial charge in [0, 0.05) is 32.0 Å². The molecular formula is C14H19N7. The molecule has 2 aromatic heterocycles. The normalized spacial score (nSPS) is 17.8. The van der Waals surface area contributed by atoms with Gasteiger partial charge in [0.25, 0.3) is 0 Å². The van der Waals surface area contributed by atoms with Crippen LogP contribution in [0.15, 0.2) is 18.7 Å². The molecule has 0 aromatic carbocycles. The van der Waals surface area contributed by atoms with Crippen molar-refractivity contribution in [3.8, 4) is 5.95 Å². The SMILES string of the molecule is CNc1nc(N(CC2CC2)C2CC2)nc(-n2ccnc2)n1. The summed E-state index contributed by atoms with van der Waals surface area (Å²) >= 11 is 0. The van der Waals surface area contributed by atoms with Crippen molar-refractivity contribution < 1.29 is 0 Å². The van der Waals surface area contributed by atoms with Crippen molar-refractivity contribution in [2.75, 3.05) is 23.8 Å². The molecule has 0 spiro atoms. The monoisotopic (exact) mass is 285 g/mol. The predicted molar refractivity (Wildman–Crippen MR) is 79.6 cm³/mol. The molecule has 2 aliphatic rings. The van der Waals surface area contributed by atoms with E-state index in [0.717, 1.165) is 18.4 Å². The Labute approximate surface area is 123 Å². The van der Waals surface area contributed by atoms with Crippen LogP contribution in [0.3, 0.4) is 0 Å². The van der Waals surface area contributed by atoms with Gasteiger partial charge in [-0.2, -0.15) is 15.0 Å². The van der Waals surface area contributed by atoms with Crippen LogP contribution in [0.1, 0.15) is 25.7 Å². The summed E-state index contributed by atoms with van der Waals surface area (Å²) < 4.78 is 1.81. The van der Waals surface area contributed by atoms with Crippen LogP contribution in [0, 0.1) is 5.92 Å². The largest absolute Gasteiger partial charge is 0.357 e. The summed E-state index contributed by atoms with van der Waals surface area (Å²) in [5.74, 6) is 2.82. The Kier molecular flexibility index (Phi) is 2.98. The Balaban J connectivity index is 1.70. The van der Waals surface area contributed by atoms with Gasteiger partial charge >= 0.3 is 0 Å². The number of imidazole rings is 1. The maximum atomic E-state index is 4.65. The van der Waals surface area contributed by atoms with Crippen LogP contribution in [0.4, 0.5) is 11.9 Å². The minimum Gasteiger partial charge on any atom is -0.357 e. The van der Waals surface area contributed by atoms with E-state index >= 15 is 0 Å². The lowest BCUT2D eigenvalue weighted by Crippen LogP contribution is -2.30. The van der Waals surface area contributed by atoms with Gasteiger partial charge in [-0.1, -0.05) is 0 Å². The molecule has 1 N–H and O–H groups in total. The van der Waals surface area contributed by atoms with E-state index in [2.05, 4.69) is 30.2 Å². The lowest BCUT2D eigenvalue weighted by atomic mass is 10.3. The lowest BCUT2D eigenvalue weighted by molar-refractivity contribution is 0.691. The van der Waals surface area contributed by atoms with Crippen molar-refractivity contribution in [3.63, 3.8) is 0 Å². The van der Waals surface area contributed by atoms with Gasteiger partial charge in [-0.15, -0.1) is 0 Å². The quantitative estimate of drug-likeness (QED) is 0.866. The van der Waals surface area contributed by atoms with Gasteiger partial charge in [-0.25, -0.2) is 4.98 Å². The van der Waals surface area contributed by atoms with E-state index in [9.17, 15) is 0 Å². The van der Waals surface area contributed by atoms with Crippen LogP contribution in [0.25, 0.3) is 5.95 Å². The summed E-state index contributed by atoms with van der Waals surface area (Å²) in [6.07, 6.45) is 10.4. The third-order valence-electron chi connectivity index (χ3n) is 3.97. The molecule has 0 aliphatic heterocycles. The highest BCUT2D eigenvalue weighted by Gasteiger charge is 2.35. The first-order valence-corrected chi connectivity index (χ1v) is 7.52. The third kappa shape index (κ3) is 2.68. The zero-order valence-corrected chi connectivity index (χ0v) is 12.1. The van der Waals surface area contributed by atoms with Crippen molar-refractivity contribution in [2.45, 2.75) is 31.7 Å². The summed E-state index contributed by atoms with van der Waals surface area (Å²) in [5.41, 5.74) is 0. The van der Waals surface area contributed by atoms with Gasteiger partial charge in [-0.05, 0) is 31.6 Å². The number of hydrogen-bond acceptors (Lipinski definition) is 6. The molecule has 0 bridgehead atoms. The molecule has 2 saturated carbocycles. The minimum absolute atomic E-state index is 0.602. The molecule has 7 nitrogen and oxygen atoms in total. The molecule has 21 heavy (non-hydrogen) atoms. The number of nitrogens with zero attached hydrogens (tertiary/aromatic N) is 6. The fraction of sp³-hybridized carbons (Fsp3) is 0.571. The zero-order chi connectivity index (χ0) is 14.2. The second kappa shape index (κ2) is 4.98. The van der Waals surface area contributed by atoms with Crippen molar-refractivity contribution >= 4 is 11.9 Å². The van der Waals surface area contributed by atoms with E-state index < -0.39 is 0 Å². The molecule has 0 amide bonds. The molecule has 2 aromatic rings. The Morgan fingerprint density at radius 2 is 2.10 bits per heavy atom. The molecule has 7 heteroatoms. The van der Waals surface area contributed by atoms with Crippen molar-refractivity contribution in [1.29, 1.82) is 0 Å². The summed E-state index contributed by atoms with van der Waals surface area (Å²) in [4.78, 5) is 20.1. The maximum Gasteiger partial charge on any atom is 0.241 e. The van der Waals surface area contributed by atoms with Gasteiger partial charge in [-0.3, -0.25) is 4.57 Å². The van der Waals surface area contributed by atoms with Crippen LogP contribution >= 0.6 is 0 Å². The lowest BCUT2D eigenvalue weighted by Gasteiger charge is -2.22. The Morgan fingerprint density at radius 3 is 2.71 bits per heavy atom. The minimum atomic E-state index is 0.602. The summed E-state index contributed by atoms with van der Waals surface area (Å²) in [7, 11) is 1.83. The van der Waals surface area contributed by atoms with Crippen molar-refractivity contribution in [3.05, 3.63) is 18.7 Å². The van der Waals surface area contributed by atoms with Gasteiger partial charge in [0.05, 0.1) is 0 Å². The smallest absolute Gasteiger partial charge is 0.241 e. The van der Waals surface area contributed by atoms with Crippen LogP contribution in [-0.2, 0) is 0 Å². The van der Waals surface area contributed by atoms with Gasteiger partial charge in [0.2, 0.25) is 17.8 Å². The molecule has 2 aliphatic carbocycles. The van der Waals surface area contributed by atoms with Crippen LogP contribution < -0.4 is 10.2 Å². The maximum absolute atomic E-state index is 4.65. The van der Waals surface area contributed by atoms with E-state index in [1.807, 2.05) is 17.8 Å². The van der Waals surface area contributed by atoms with Crippen LogP contribution in [0.5, 0.6) is 0 Å². The summed E-state index contributed by atoms with van der Waals surface area (Å²) in [5, 5.41) is 3.03. The molecule has 0 radical (unpaired) electrons. The van der Waals surface area contributed by atoms with Crippen molar-refractivity contribution in [1.82, 2.24) is 24.5 Å². The molecule has 0 atom stereocenters. The molecule has 0 unspecified atom stereocenters. The average molecular weight is 285 g/mol. The summed E-state index contributed by atoms with van der Waals surface area (Å²) in [6, 6.07) is 0.605. The van der Waals surface area contributed by atoms with Gasteiger partial charge in [0.1, 0.15) is 6.33 Å². The van der Waals surface area contributed by atoms with E-state index in [1.54, 1.807) is 12.5 Å². The van der Waals surface area contributed by atoms with Crippen LogP contribution in [0.2, 0.25) is 0 Å². The molecule has 2 heterocycles. The Bertz CT molecular complexity index is 616. The highest BCUT2D eigenvalue weighted by Crippen LogP contribution is 2.36. The number of nitrogens with one attached hydrogen (secondary N) is 1. The molecule has 2 fully saturated rings. The van der Waals surface area contributed by atoms with Crippen LogP contribution in [-0.4, -0.2) is 44.1 Å². The first-order chi connectivity index (χ1) is 10.3. The first kappa shape index (κ1) is 12.6. The number of aromatic nitrogens is 5. The van der Waals surface area contributed by atoms with E-state index in [1.165, 1.54) is 25.7 Å². The number of anilines is 2. The topological polar surface area (TPSA) is 71.8 Å². The van der Waals surface area contributed by atoms with E-state index in [-0.39, 0.29) is 0 Å². The fourth-order valence-electron chi connectivity index (χ4n) is 2.45. The predicted octanol–water partition coefficient (Wildman–Crippen LogP) is 1.48. The van der Waals surface area contributed by atoms with E-state index in [0.29, 0.717) is 17.9 Å². The summed E-state index contributed by atoms with van der Waals surface area (Å²) in [6.45, 7) is 1.07. The Hall–Kier alpha value is -2.18. The highest BCUT2D eigenvalue weighted by molar-refractivity contribution is 5.42. The molecule has 4 rings (SSSR count). The Morgan fingerprint density at radius 1 is 1.24 bits per heavy atom. The van der Waals surface area contributed by atoms with E-state index in [4.69, 9.17) is 0 Å². The van der Waals surface area contributed by atoms with Crippen molar-refractivity contribution in [2.24, 2.45) is 5.92 Å². The fourth-order valence-corrected chi connectivity index (χ4v) is 2.45. The highest BCUT2D eigenvalue weighted by atomic mass is 15.4. The second-order valence-electron chi connectivity index (χ2n) is 5.81. The molecular weight excluding hydrogens is 266 g/mol. The second-order valence-corrected chi connectivity index (χ2v) is 5.81. The average Bonchev–Trinajstić information content (AvgIpc) is 3.44. The zero-order valence-electron chi connectivity index (χ0n) is 12.1. The standard InChI is InChI=1S/C14H19N7/c1-15-12-17-13(20-7-6-16-9-20)19-14(18-12)21(11-4-5-11)8-10-2-3-10/h6-7,9-11H,2-5,8H2,1H3,(H,15,17,18,19). The molecule has 0 saturated heterocycles. The van der Waals surface area contributed by atoms with Gasteiger partial charge < -0.3 is 10.2 Å². The molecule has 110 valence electrons. The third-order valence-corrected chi connectivity index (χ3v) is 3.97. The number of hydrogen-bond donors (Lipinski definition) is 1.